The molecule has 1 aliphatic rings. The van der Waals surface area contributed by atoms with Crippen molar-refractivity contribution in [2.24, 2.45) is 4.99 Å². The minimum atomic E-state index is -0.332. The first-order valence-corrected chi connectivity index (χ1v) is 4.64. The summed E-state index contributed by atoms with van der Waals surface area (Å²) in [6.07, 6.45) is 1.46. The van der Waals surface area contributed by atoms with E-state index < -0.39 is 0 Å². The fourth-order valence-electron chi connectivity index (χ4n) is 1.25. The summed E-state index contributed by atoms with van der Waals surface area (Å²) >= 11 is 0. The molecule has 0 spiro atoms. The van der Waals surface area contributed by atoms with Gasteiger partial charge in [0.25, 0.3) is 0 Å². The Hall–Kier alpha value is -1.06. The Kier molecular flexibility index (Phi) is 3.73. The van der Waals surface area contributed by atoms with Crippen molar-refractivity contribution in [2.45, 2.75) is 32.7 Å². The molecule has 74 valence electrons. The number of carbonyl (C=O) groups excluding carboxylic acids is 1. The fourth-order valence-corrected chi connectivity index (χ4v) is 1.25. The summed E-state index contributed by atoms with van der Waals surface area (Å²) in [4.78, 5) is 15.3. The molecule has 0 N–H and O–H groups in total. The van der Waals surface area contributed by atoms with Crippen molar-refractivity contribution < 1.29 is 14.3 Å². The molecule has 4 heteroatoms. The van der Waals surface area contributed by atoms with Crippen molar-refractivity contribution in [3.63, 3.8) is 0 Å². The minimum absolute atomic E-state index is 0.239. The van der Waals surface area contributed by atoms with Gasteiger partial charge >= 0.3 is 5.97 Å². The maximum atomic E-state index is 11.2. The van der Waals surface area contributed by atoms with E-state index in [1.165, 1.54) is 0 Å². The fraction of sp³-hybridized carbons (Fsp3) is 0.778. The molecule has 0 aromatic heterocycles. The number of rotatable bonds is 3. The van der Waals surface area contributed by atoms with Crippen LogP contribution in [0.5, 0.6) is 0 Å². The van der Waals surface area contributed by atoms with Crippen LogP contribution in [-0.4, -0.2) is 31.1 Å². The summed E-state index contributed by atoms with van der Waals surface area (Å²) < 4.78 is 10.1. The molecule has 0 saturated heterocycles. The third-order valence-electron chi connectivity index (χ3n) is 1.80. The van der Waals surface area contributed by atoms with Crippen molar-refractivity contribution in [3.05, 3.63) is 0 Å². The van der Waals surface area contributed by atoms with Crippen LogP contribution in [0.3, 0.4) is 0 Å². The van der Waals surface area contributed by atoms with Crippen LogP contribution in [0.1, 0.15) is 26.7 Å². The molecule has 0 amide bonds. The van der Waals surface area contributed by atoms with Crippen molar-refractivity contribution in [2.75, 3.05) is 13.2 Å². The van der Waals surface area contributed by atoms with Crippen LogP contribution < -0.4 is 0 Å². The molecule has 0 unspecified atom stereocenters. The van der Waals surface area contributed by atoms with Crippen molar-refractivity contribution in [3.8, 4) is 0 Å². The number of hydrogen-bond donors (Lipinski definition) is 0. The highest BCUT2D eigenvalue weighted by molar-refractivity contribution is 5.86. The van der Waals surface area contributed by atoms with Crippen LogP contribution in [0, 0.1) is 0 Å². The van der Waals surface area contributed by atoms with Gasteiger partial charge in [0.1, 0.15) is 0 Å². The predicted octanol–water partition coefficient (Wildman–Crippen LogP) is 1.15. The van der Waals surface area contributed by atoms with E-state index in [2.05, 4.69) is 4.99 Å². The van der Waals surface area contributed by atoms with E-state index in [9.17, 15) is 4.79 Å². The summed E-state index contributed by atoms with van der Waals surface area (Å²) in [5, 5.41) is 0. The average Bonchev–Trinajstić information content (AvgIpc) is 2.54. The summed E-state index contributed by atoms with van der Waals surface area (Å²) in [7, 11) is 0. The second-order valence-electron chi connectivity index (χ2n) is 2.76. The molecule has 1 atom stereocenters. The lowest BCUT2D eigenvalue weighted by molar-refractivity contribution is -0.144. The predicted molar refractivity (Wildman–Crippen MR) is 48.7 cm³/mol. The quantitative estimate of drug-likeness (QED) is 0.619. The van der Waals surface area contributed by atoms with Gasteiger partial charge in [0.05, 0.1) is 13.2 Å². The number of aliphatic imine (C=N–C) groups is 1. The van der Waals surface area contributed by atoms with Gasteiger partial charge in [-0.05, 0) is 20.3 Å². The third kappa shape index (κ3) is 2.72. The van der Waals surface area contributed by atoms with Gasteiger partial charge in [-0.3, -0.25) is 0 Å². The lowest BCUT2D eigenvalue weighted by atomic mass is 10.2. The van der Waals surface area contributed by atoms with E-state index in [1.807, 2.05) is 6.92 Å². The molecular formula is C9H15NO3. The maximum absolute atomic E-state index is 11.2. The molecule has 4 nitrogen and oxygen atoms in total. The first kappa shape index (κ1) is 10.0. The normalized spacial score (nSPS) is 21.1. The molecule has 0 aliphatic carbocycles. The highest BCUT2D eigenvalue weighted by Gasteiger charge is 2.25. The third-order valence-corrected chi connectivity index (χ3v) is 1.80. The van der Waals surface area contributed by atoms with Crippen LogP contribution in [0.15, 0.2) is 4.99 Å². The monoisotopic (exact) mass is 185 g/mol. The van der Waals surface area contributed by atoms with Gasteiger partial charge < -0.3 is 9.47 Å². The van der Waals surface area contributed by atoms with E-state index >= 15 is 0 Å². The summed E-state index contributed by atoms with van der Waals surface area (Å²) in [5.74, 6) is 0.442. The van der Waals surface area contributed by atoms with Gasteiger partial charge in [-0.15, -0.1) is 0 Å². The molecule has 0 aromatic carbocycles. The zero-order chi connectivity index (χ0) is 9.68. The highest BCUT2D eigenvalue weighted by Crippen LogP contribution is 2.15. The zero-order valence-corrected chi connectivity index (χ0v) is 8.08. The molecule has 0 saturated carbocycles. The number of ether oxygens (including phenoxy) is 2. The Morgan fingerprint density at radius 1 is 1.54 bits per heavy atom. The Bertz CT molecular complexity index is 213. The van der Waals surface area contributed by atoms with Gasteiger partial charge in [-0.25, -0.2) is 9.79 Å². The second-order valence-corrected chi connectivity index (χ2v) is 2.76. The largest absolute Gasteiger partial charge is 0.481 e. The highest BCUT2D eigenvalue weighted by atomic mass is 16.5. The Morgan fingerprint density at radius 3 is 2.92 bits per heavy atom. The van der Waals surface area contributed by atoms with Gasteiger partial charge in [0.2, 0.25) is 0 Å². The lowest BCUT2D eigenvalue weighted by Gasteiger charge is -2.04. The van der Waals surface area contributed by atoms with Crippen molar-refractivity contribution in [1.82, 2.24) is 0 Å². The van der Waals surface area contributed by atoms with Crippen LogP contribution in [-0.2, 0) is 14.3 Å². The van der Waals surface area contributed by atoms with Crippen molar-refractivity contribution in [1.29, 1.82) is 0 Å². The van der Waals surface area contributed by atoms with Gasteiger partial charge in [0.15, 0.2) is 11.9 Å². The van der Waals surface area contributed by atoms with E-state index in [0.717, 1.165) is 6.42 Å². The molecule has 0 radical (unpaired) electrons. The van der Waals surface area contributed by atoms with Crippen LogP contribution in [0.4, 0.5) is 0 Å². The Labute approximate surface area is 77.9 Å². The van der Waals surface area contributed by atoms with E-state index in [0.29, 0.717) is 25.5 Å². The number of nitrogens with zero attached hydrogens (tertiary/aromatic N) is 1. The SMILES string of the molecule is CCOC(=O)[C@@H]1CCC(OCC)=N1. The summed E-state index contributed by atoms with van der Waals surface area (Å²) in [5.41, 5.74) is 0. The van der Waals surface area contributed by atoms with E-state index in [1.54, 1.807) is 6.92 Å². The zero-order valence-electron chi connectivity index (χ0n) is 8.08. The standard InChI is InChI=1S/C9H15NO3/c1-3-12-8-6-5-7(10-8)9(11)13-4-2/h7H,3-6H2,1-2H3/t7-/m0/s1. The van der Waals surface area contributed by atoms with E-state index in [-0.39, 0.29) is 12.0 Å². The van der Waals surface area contributed by atoms with Gasteiger partial charge in [-0.1, -0.05) is 0 Å². The Balaban J connectivity index is 2.42. The Morgan fingerprint density at radius 2 is 2.31 bits per heavy atom. The molecule has 0 bridgehead atoms. The molecule has 13 heavy (non-hydrogen) atoms. The van der Waals surface area contributed by atoms with Gasteiger partial charge in [-0.2, -0.15) is 0 Å². The molecule has 1 rings (SSSR count). The molecule has 0 fully saturated rings. The molecule has 1 aliphatic heterocycles. The first-order valence-electron chi connectivity index (χ1n) is 4.64. The first-order chi connectivity index (χ1) is 6.27. The number of esters is 1. The lowest BCUT2D eigenvalue weighted by Crippen LogP contribution is -2.18. The summed E-state index contributed by atoms with van der Waals surface area (Å²) in [6.45, 7) is 4.71. The minimum Gasteiger partial charge on any atom is -0.481 e. The van der Waals surface area contributed by atoms with Crippen LogP contribution in [0.25, 0.3) is 0 Å². The number of carbonyl (C=O) groups is 1. The van der Waals surface area contributed by atoms with Crippen LogP contribution in [0.2, 0.25) is 0 Å². The maximum Gasteiger partial charge on any atom is 0.330 e. The second kappa shape index (κ2) is 4.84. The number of hydrogen-bond acceptors (Lipinski definition) is 4. The molecular weight excluding hydrogens is 170 g/mol. The molecule has 0 aromatic rings. The van der Waals surface area contributed by atoms with E-state index in [4.69, 9.17) is 9.47 Å². The topological polar surface area (TPSA) is 47.9 Å². The van der Waals surface area contributed by atoms with Crippen LogP contribution >= 0.6 is 0 Å². The smallest absolute Gasteiger partial charge is 0.330 e. The summed E-state index contributed by atoms with van der Waals surface area (Å²) in [6, 6.07) is -0.332. The molecule has 1 heterocycles. The average molecular weight is 185 g/mol. The van der Waals surface area contributed by atoms with Crippen molar-refractivity contribution >= 4 is 11.9 Å². The van der Waals surface area contributed by atoms with Gasteiger partial charge in [0, 0.05) is 6.42 Å².